The van der Waals surface area contributed by atoms with Gasteiger partial charge in [-0.1, -0.05) is 6.08 Å². The first-order valence-electron chi connectivity index (χ1n) is 7.19. The van der Waals surface area contributed by atoms with E-state index in [0.29, 0.717) is 17.1 Å². The number of pyridine rings is 1. The summed E-state index contributed by atoms with van der Waals surface area (Å²) in [7, 11) is 1.76. The number of fused-ring (bicyclic) bond motifs is 2. The SMILES string of the molecule is C=CCN(C)C(=O)c1sc2nc3c(cc2c1N)CCCC3. The highest BCUT2D eigenvalue weighted by molar-refractivity contribution is 7.21. The quantitative estimate of drug-likeness (QED) is 0.887. The molecule has 0 radical (unpaired) electrons. The molecule has 0 unspecified atom stereocenters. The Kier molecular flexibility index (Phi) is 3.68. The molecule has 1 amide bonds. The van der Waals surface area contributed by atoms with Gasteiger partial charge in [0.05, 0.1) is 5.69 Å². The minimum atomic E-state index is -0.0617. The molecule has 2 aromatic rings. The maximum Gasteiger partial charge on any atom is 0.266 e. The van der Waals surface area contributed by atoms with Crippen molar-refractivity contribution in [3.05, 3.63) is 34.9 Å². The van der Waals surface area contributed by atoms with Crippen molar-refractivity contribution in [2.24, 2.45) is 0 Å². The zero-order valence-electron chi connectivity index (χ0n) is 12.2. The third-order valence-corrected chi connectivity index (χ3v) is 5.05. The van der Waals surface area contributed by atoms with Gasteiger partial charge in [-0.3, -0.25) is 4.79 Å². The van der Waals surface area contributed by atoms with Crippen LogP contribution in [0.3, 0.4) is 0 Å². The zero-order chi connectivity index (χ0) is 15.0. The van der Waals surface area contributed by atoms with Crippen LogP contribution in [0.15, 0.2) is 18.7 Å². The second-order valence-electron chi connectivity index (χ2n) is 5.47. The van der Waals surface area contributed by atoms with Crippen LogP contribution in [0.5, 0.6) is 0 Å². The molecule has 5 heteroatoms. The van der Waals surface area contributed by atoms with E-state index in [1.54, 1.807) is 18.0 Å². The fourth-order valence-corrected chi connectivity index (χ4v) is 3.86. The molecule has 3 rings (SSSR count). The van der Waals surface area contributed by atoms with Crippen LogP contribution in [0, 0.1) is 0 Å². The molecule has 2 N–H and O–H groups in total. The van der Waals surface area contributed by atoms with Gasteiger partial charge in [-0.2, -0.15) is 0 Å². The fourth-order valence-electron chi connectivity index (χ4n) is 2.77. The number of nitrogens with two attached hydrogens (primary N) is 1. The van der Waals surface area contributed by atoms with E-state index in [-0.39, 0.29) is 5.91 Å². The van der Waals surface area contributed by atoms with E-state index in [4.69, 9.17) is 10.7 Å². The molecule has 110 valence electrons. The smallest absolute Gasteiger partial charge is 0.266 e. The lowest BCUT2D eigenvalue weighted by Crippen LogP contribution is -2.26. The lowest BCUT2D eigenvalue weighted by molar-refractivity contribution is 0.0816. The Morgan fingerprint density at radius 2 is 2.29 bits per heavy atom. The number of thiophene rings is 1. The van der Waals surface area contributed by atoms with E-state index >= 15 is 0 Å². The number of nitrogens with zero attached hydrogens (tertiary/aromatic N) is 2. The van der Waals surface area contributed by atoms with Crippen LogP contribution in [0.2, 0.25) is 0 Å². The number of likely N-dealkylation sites (N-methyl/N-ethyl adjacent to an activating group) is 1. The third kappa shape index (κ3) is 2.42. The maximum absolute atomic E-state index is 12.4. The van der Waals surface area contributed by atoms with Crippen LogP contribution < -0.4 is 5.73 Å². The number of hydrogen-bond donors (Lipinski definition) is 1. The highest BCUT2D eigenvalue weighted by Gasteiger charge is 2.22. The van der Waals surface area contributed by atoms with Gasteiger partial charge in [0.2, 0.25) is 0 Å². The first-order valence-corrected chi connectivity index (χ1v) is 8.00. The van der Waals surface area contributed by atoms with Crippen molar-refractivity contribution in [3.63, 3.8) is 0 Å². The summed E-state index contributed by atoms with van der Waals surface area (Å²) in [4.78, 5) is 20.2. The summed E-state index contributed by atoms with van der Waals surface area (Å²) in [5, 5.41) is 0.927. The van der Waals surface area contributed by atoms with Gasteiger partial charge in [-0.15, -0.1) is 17.9 Å². The average Bonchev–Trinajstić information content (AvgIpc) is 2.81. The molecule has 0 aliphatic heterocycles. The Balaban J connectivity index is 2.07. The van der Waals surface area contributed by atoms with Crippen molar-refractivity contribution in [2.75, 3.05) is 19.3 Å². The lowest BCUT2D eigenvalue weighted by Gasteiger charge is -2.14. The average molecular weight is 301 g/mol. The van der Waals surface area contributed by atoms with Gasteiger partial charge in [-0.25, -0.2) is 4.98 Å². The highest BCUT2D eigenvalue weighted by Crippen LogP contribution is 2.35. The molecule has 0 saturated heterocycles. The third-order valence-electron chi connectivity index (χ3n) is 3.94. The second-order valence-corrected chi connectivity index (χ2v) is 6.47. The van der Waals surface area contributed by atoms with Crippen molar-refractivity contribution in [3.8, 4) is 0 Å². The number of aromatic nitrogens is 1. The molecule has 0 saturated carbocycles. The van der Waals surface area contributed by atoms with Crippen LogP contribution in [-0.2, 0) is 12.8 Å². The van der Waals surface area contributed by atoms with Gasteiger partial charge < -0.3 is 10.6 Å². The summed E-state index contributed by atoms with van der Waals surface area (Å²) in [5.74, 6) is -0.0617. The first-order chi connectivity index (χ1) is 10.1. The molecule has 4 nitrogen and oxygen atoms in total. The fraction of sp³-hybridized carbons (Fsp3) is 0.375. The van der Waals surface area contributed by atoms with Crippen LogP contribution >= 0.6 is 11.3 Å². The first kappa shape index (κ1) is 14.1. The number of hydrogen-bond acceptors (Lipinski definition) is 4. The van der Waals surface area contributed by atoms with E-state index in [0.717, 1.165) is 23.1 Å². The van der Waals surface area contributed by atoms with Crippen molar-refractivity contribution in [2.45, 2.75) is 25.7 Å². The van der Waals surface area contributed by atoms with E-state index in [2.05, 4.69) is 12.6 Å². The molecule has 1 aliphatic carbocycles. The summed E-state index contributed by atoms with van der Waals surface area (Å²) in [5.41, 5.74) is 9.23. The molecule has 0 fully saturated rings. The number of amides is 1. The second kappa shape index (κ2) is 5.48. The zero-order valence-corrected chi connectivity index (χ0v) is 13.0. The van der Waals surface area contributed by atoms with E-state index in [9.17, 15) is 4.79 Å². The topological polar surface area (TPSA) is 59.2 Å². The lowest BCUT2D eigenvalue weighted by atomic mass is 9.95. The van der Waals surface area contributed by atoms with Crippen molar-refractivity contribution >= 4 is 33.1 Å². The van der Waals surface area contributed by atoms with Gasteiger partial charge in [-0.05, 0) is 37.3 Å². The molecule has 0 aromatic carbocycles. The molecule has 0 atom stereocenters. The maximum atomic E-state index is 12.4. The number of anilines is 1. The Hall–Kier alpha value is -1.88. The van der Waals surface area contributed by atoms with Gasteiger partial charge in [0.25, 0.3) is 5.91 Å². The van der Waals surface area contributed by atoms with Gasteiger partial charge >= 0.3 is 0 Å². The molecular weight excluding hydrogens is 282 g/mol. The Morgan fingerprint density at radius 3 is 3.05 bits per heavy atom. The normalized spacial score (nSPS) is 14.0. The summed E-state index contributed by atoms with van der Waals surface area (Å²) >= 11 is 1.40. The summed E-state index contributed by atoms with van der Waals surface area (Å²) in [6.45, 7) is 4.17. The van der Waals surface area contributed by atoms with Crippen LogP contribution in [0.1, 0.15) is 33.8 Å². The standard InChI is InChI=1S/C16H19N3OS/c1-3-8-19(2)16(20)14-13(17)11-9-10-6-4-5-7-12(10)18-15(11)21-14/h3,9H,1,4-8,17H2,2H3. The van der Waals surface area contributed by atoms with Gasteiger partial charge in [0.15, 0.2) is 0 Å². The van der Waals surface area contributed by atoms with Crippen molar-refractivity contribution in [1.29, 1.82) is 0 Å². The van der Waals surface area contributed by atoms with Gasteiger partial charge in [0.1, 0.15) is 9.71 Å². The largest absolute Gasteiger partial charge is 0.397 e. The van der Waals surface area contributed by atoms with Crippen LogP contribution in [0.4, 0.5) is 5.69 Å². The number of carbonyl (C=O) groups excluding carboxylic acids is 1. The summed E-state index contributed by atoms with van der Waals surface area (Å²) < 4.78 is 0. The number of rotatable bonds is 3. The van der Waals surface area contributed by atoms with Crippen molar-refractivity contribution < 1.29 is 4.79 Å². The van der Waals surface area contributed by atoms with Crippen molar-refractivity contribution in [1.82, 2.24) is 9.88 Å². The Morgan fingerprint density at radius 1 is 1.52 bits per heavy atom. The predicted molar refractivity (Wildman–Crippen MR) is 87.8 cm³/mol. The van der Waals surface area contributed by atoms with Crippen LogP contribution in [0.25, 0.3) is 10.2 Å². The molecule has 0 spiro atoms. The van der Waals surface area contributed by atoms with E-state index in [1.807, 2.05) is 0 Å². The molecular formula is C16H19N3OS. The molecule has 1 aliphatic rings. The number of nitrogen functional groups attached to an aromatic ring is 1. The van der Waals surface area contributed by atoms with E-state index < -0.39 is 0 Å². The predicted octanol–water partition coefficient (Wildman–Crippen LogP) is 3.02. The van der Waals surface area contributed by atoms with E-state index in [1.165, 1.54) is 35.4 Å². The number of carbonyl (C=O) groups is 1. The Bertz CT molecular complexity index is 720. The summed E-state index contributed by atoms with van der Waals surface area (Å²) in [6.07, 6.45) is 6.20. The highest BCUT2D eigenvalue weighted by atomic mass is 32.1. The summed E-state index contributed by atoms with van der Waals surface area (Å²) in [6, 6.07) is 2.13. The van der Waals surface area contributed by atoms with Gasteiger partial charge in [0, 0.05) is 24.7 Å². The Labute approximate surface area is 128 Å². The number of aryl methyl sites for hydroxylation is 2. The monoisotopic (exact) mass is 301 g/mol. The molecule has 0 bridgehead atoms. The minimum Gasteiger partial charge on any atom is -0.397 e. The minimum absolute atomic E-state index is 0.0617. The van der Waals surface area contributed by atoms with Crippen LogP contribution in [-0.4, -0.2) is 29.4 Å². The molecule has 2 aromatic heterocycles. The molecule has 2 heterocycles. The molecule has 21 heavy (non-hydrogen) atoms.